The fourth-order valence-corrected chi connectivity index (χ4v) is 4.72. The minimum Gasteiger partial charge on any atom is -0.337 e. The van der Waals surface area contributed by atoms with Crippen molar-refractivity contribution in [1.29, 1.82) is 0 Å². The molecule has 0 aromatic heterocycles. The number of hydrogen-bond acceptors (Lipinski definition) is 3. The summed E-state index contributed by atoms with van der Waals surface area (Å²) in [6, 6.07) is 3.83. The lowest BCUT2D eigenvalue weighted by Crippen LogP contribution is -2.53. The Balaban J connectivity index is 1.87. The zero-order chi connectivity index (χ0) is 15.2. The summed E-state index contributed by atoms with van der Waals surface area (Å²) in [6.07, 6.45) is 1.12. The molecule has 1 aromatic carbocycles. The first-order chi connectivity index (χ1) is 9.89. The van der Waals surface area contributed by atoms with Gasteiger partial charge in [-0.3, -0.25) is 4.79 Å². The Hall–Kier alpha value is -0.990. The molecule has 21 heavy (non-hydrogen) atoms. The van der Waals surface area contributed by atoms with E-state index < -0.39 is 15.8 Å². The van der Waals surface area contributed by atoms with E-state index in [2.05, 4.69) is 15.9 Å². The summed E-state index contributed by atoms with van der Waals surface area (Å²) < 4.78 is 40.8. The quantitative estimate of drug-likeness (QED) is 0.787. The largest absolute Gasteiger partial charge is 0.337 e. The zero-order valence-corrected chi connectivity index (χ0v) is 13.5. The molecule has 2 saturated heterocycles. The number of rotatable bonds is 2. The topological polar surface area (TPSA) is 57.7 Å². The predicted octanol–water partition coefficient (Wildman–Crippen LogP) is 1.58. The number of halogens is 2. The van der Waals surface area contributed by atoms with Crippen molar-refractivity contribution in [1.82, 2.24) is 9.21 Å². The standard InChI is InChI=1S/C13H14BrFN2O3S/c14-9-1-3-12(11(15)7-9)21(19,20)16-5-6-17-10(8-16)2-4-13(17)18/h1,3,7,10H,2,4-6,8H2. The van der Waals surface area contributed by atoms with Crippen LogP contribution in [0.25, 0.3) is 0 Å². The number of piperazine rings is 1. The first-order valence-electron chi connectivity index (χ1n) is 6.64. The van der Waals surface area contributed by atoms with Gasteiger partial charge in [0, 0.05) is 36.6 Å². The molecule has 0 bridgehead atoms. The van der Waals surface area contributed by atoms with Gasteiger partial charge in [0.1, 0.15) is 10.7 Å². The number of nitrogens with zero attached hydrogens (tertiary/aromatic N) is 2. The van der Waals surface area contributed by atoms with E-state index in [-0.39, 0.29) is 29.9 Å². The lowest BCUT2D eigenvalue weighted by Gasteiger charge is -2.36. The molecule has 0 spiro atoms. The smallest absolute Gasteiger partial charge is 0.246 e. The van der Waals surface area contributed by atoms with Crippen molar-refractivity contribution in [3.8, 4) is 0 Å². The van der Waals surface area contributed by atoms with Crippen LogP contribution in [0.3, 0.4) is 0 Å². The molecule has 8 heteroatoms. The maximum absolute atomic E-state index is 13.9. The highest BCUT2D eigenvalue weighted by Gasteiger charge is 2.40. The SMILES string of the molecule is O=C1CCC2CN(S(=O)(=O)c3ccc(Br)cc3F)CCN12. The Morgan fingerprint density at radius 3 is 2.76 bits per heavy atom. The summed E-state index contributed by atoms with van der Waals surface area (Å²) in [5.41, 5.74) is 0. The highest BCUT2D eigenvalue weighted by molar-refractivity contribution is 9.10. The van der Waals surface area contributed by atoms with Crippen LogP contribution in [0.5, 0.6) is 0 Å². The molecule has 2 fully saturated rings. The number of amides is 1. The third-order valence-corrected chi connectivity index (χ3v) is 6.36. The highest BCUT2D eigenvalue weighted by Crippen LogP contribution is 2.28. The van der Waals surface area contributed by atoms with Crippen LogP contribution in [0.2, 0.25) is 0 Å². The minimum atomic E-state index is -3.87. The molecule has 2 aliphatic heterocycles. The van der Waals surface area contributed by atoms with Crippen molar-refractivity contribution in [2.45, 2.75) is 23.8 Å². The molecule has 5 nitrogen and oxygen atoms in total. The van der Waals surface area contributed by atoms with Crippen molar-refractivity contribution in [2.24, 2.45) is 0 Å². The molecule has 2 aliphatic rings. The second-order valence-corrected chi connectivity index (χ2v) is 8.04. The lowest BCUT2D eigenvalue weighted by atomic mass is 10.2. The second-order valence-electron chi connectivity index (χ2n) is 5.22. The normalized spacial score (nSPS) is 23.4. The van der Waals surface area contributed by atoms with Gasteiger partial charge in [0.05, 0.1) is 0 Å². The van der Waals surface area contributed by atoms with Crippen molar-refractivity contribution in [3.05, 3.63) is 28.5 Å². The van der Waals surface area contributed by atoms with Crippen LogP contribution in [-0.2, 0) is 14.8 Å². The molecule has 0 radical (unpaired) electrons. The maximum Gasteiger partial charge on any atom is 0.246 e. The number of hydrogen-bond donors (Lipinski definition) is 0. The molecule has 1 unspecified atom stereocenters. The van der Waals surface area contributed by atoms with Crippen LogP contribution in [0.15, 0.2) is 27.6 Å². The average Bonchev–Trinajstić information content (AvgIpc) is 2.79. The van der Waals surface area contributed by atoms with E-state index in [1.807, 2.05) is 0 Å². The Morgan fingerprint density at radius 1 is 1.29 bits per heavy atom. The van der Waals surface area contributed by atoms with Crippen LogP contribution >= 0.6 is 15.9 Å². The number of carbonyl (C=O) groups is 1. The third kappa shape index (κ3) is 2.60. The Labute approximate surface area is 130 Å². The van der Waals surface area contributed by atoms with Crippen molar-refractivity contribution in [3.63, 3.8) is 0 Å². The molecule has 1 atom stereocenters. The molecular weight excluding hydrogens is 363 g/mol. The van der Waals surface area contributed by atoms with Gasteiger partial charge in [0.25, 0.3) is 0 Å². The number of fused-ring (bicyclic) bond motifs is 1. The van der Waals surface area contributed by atoms with Crippen LogP contribution in [-0.4, -0.2) is 49.2 Å². The van der Waals surface area contributed by atoms with E-state index in [4.69, 9.17) is 0 Å². The predicted molar refractivity (Wildman–Crippen MR) is 77.6 cm³/mol. The van der Waals surface area contributed by atoms with Crippen molar-refractivity contribution >= 4 is 31.9 Å². The van der Waals surface area contributed by atoms with Gasteiger partial charge in [-0.2, -0.15) is 4.31 Å². The summed E-state index contributed by atoms with van der Waals surface area (Å²) >= 11 is 3.11. The molecule has 3 rings (SSSR count). The Bertz CT molecular complexity index is 695. The van der Waals surface area contributed by atoms with Gasteiger partial charge >= 0.3 is 0 Å². The fraction of sp³-hybridized carbons (Fsp3) is 0.462. The van der Waals surface area contributed by atoms with Gasteiger partial charge in [-0.15, -0.1) is 0 Å². The highest BCUT2D eigenvalue weighted by atomic mass is 79.9. The van der Waals surface area contributed by atoms with Gasteiger partial charge in [-0.25, -0.2) is 12.8 Å². The van der Waals surface area contributed by atoms with Crippen molar-refractivity contribution < 1.29 is 17.6 Å². The molecular formula is C13H14BrFN2O3S. The van der Waals surface area contributed by atoms with E-state index >= 15 is 0 Å². The van der Waals surface area contributed by atoms with E-state index in [9.17, 15) is 17.6 Å². The van der Waals surface area contributed by atoms with E-state index in [0.717, 1.165) is 6.07 Å². The van der Waals surface area contributed by atoms with Gasteiger partial charge < -0.3 is 4.90 Å². The summed E-state index contributed by atoms with van der Waals surface area (Å²) in [5.74, 6) is -0.693. The summed E-state index contributed by atoms with van der Waals surface area (Å²) in [5, 5.41) is 0. The van der Waals surface area contributed by atoms with Gasteiger partial charge in [-0.05, 0) is 24.6 Å². The van der Waals surface area contributed by atoms with Crippen LogP contribution in [0.1, 0.15) is 12.8 Å². The number of carbonyl (C=O) groups excluding carboxylic acids is 1. The lowest BCUT2D eigenvalue weighted by molar-refractivity contribution is -0.130. The van der Waals surface area contributed by atoms with Gasteiger partial charge in [0.2, 0.25) is 15.9 Å². The van der Waals surface area contributed by atoms with Gasteiger partial charge in [-0.1, -0.05) is 15.9 Å². The van der Waals surface area contributed by atoms with E-state index in [0.29, 0.717) is 23.9 Å². The van der Waals surface area contributed by atoms with Crippen molar-refractivity contribution in [2.75, 3.05) is 19.6 Å². The zero-order valence-electron chi connectivity index (χ0n) is 11.1. The Kier molecular flexibility index (Phi) is 3.79. The van der Waals surface area contributed by atoms with E-state index in [1.54, 1.807) is 4.90 Å². The summed E-state index contributed by atoms with van der Waals surface area (Å²) in [4.78, 5) is 13.0. The molecule has 1 aromatic rings. The van der Waals surface area contributed by atoms with Crippen LogP contribution in [0.4, 0.5) is 4.39 Å². The van der Waals surface area contributed by atoms with Crippen LogP contribution in [0, 0.1) is 5.82 Å². The summed E-state index contributed by atoms with van der Waals surface area (Å²) in [6.45, 7) is 0.824. The first kappa shape index (κ1) is 14.9. The molecule has 0 aliphatic carbocycles. The molecule has 2 heterocycles. The second kappa shape index (κ2) is 5.33. The molecule has 114 valence electrons. The Morgan fingerprint density at radius 2 is 2.05 bits per heavy atom. The fourth-order valence-electron chi connectivity index (χ4n) is 2.88. The van der Waals surface area contributed by atoms with Gasteiger partial charge in [0.15, 0.2) is 0 Å². The van der Waals surface area contributed by atoms with E-state index in [1.165, 1.54) is 16.4 Å². The molecule has 0 N–H and O–H groups in total. The number of sulfonamides is 1. The summed E-state index contributed by atoms with van der Waals surface area (Å²) in [7, 11) is -3.87. The monoisotopic (exact) mass is 376 g/mol. The number of benzene rings is 1. The van der Waals surface area contributed by atoms with Crippen LogP contribution < -0.4 is 0 Å². The minimum absolute atomic E-state index is 0.0758. The maximum atomic E-state index is 13.9. The average molecular weight is 377 g/mol. The first-order valence-corrected chi connectivity index (χ1v) is 8.87. The third-order valence-electron chi connectivity index (χ3n) is 3.97. The molecule has 1 amide bonds. The molecule has 0 saturated carbocycles.